The molecular formula is C22H41N3O4S. The summed E-state index contributed by atoms with van der Waals surface area (Å²) in [5.41, 5.74) is -0.00301. The third kappa shape index (κ3) is 5.37. The van der Waals surface area contributed by atoms with Crippen LogP contribution in [0.5, 0.6) is 0 Å². The van der Waals surface area contributed by atoms with Gasteiger partial charge in [-0.15, -0.1) is 0 Å². The zero-order valence-electron chi connectivity index (χ0n) is 19.1. The fraction of sp³-hybridized carbons (Fsp3) is 0.955. The van der Waals surface area contributed by atoms with Crippen molar-refractivity contribution in [1.29, 1.82) is 0 Å². The summed E-state index contributed by atoms with van der Waals surface area (Å²) in [6, 6.07) is -0.156. The van der Waals surface area contributed by atoms with Crippen LogP contribution in [0.15, 0.2) is 0 Å². The Kier molecular flexibility index (Phi) is 7.53. The van der Waals surface area contributed by atoms with Gasteiger partial charge in [-0.2, -0.15) is 0 Å². The highest BCUT2D eigenvalue weighted by Crippen LogP contribution is 2.55. The first-order valence-corrected chi connectivity index (χ1v) is 13.6. The summed E-state index contributed by atoms with van der Waals surface area (Å²) < 4.78 is 26.4. The monoisotopic (exact) mass is 443 g/mol. The topological polar surface area (TPSA) is 98.7 Å². The Balaban J connectivity index is 1.62. The fourth-order valence-electron chi connectivity index (χ4n) is 6.43. The van der Waals surface area contributed by atoms with Crippen LogP contribution in [0.4, 0.5) is 0 Å². The maximum absolute atomic E-state index is 12.8. The second kappa shape index (κ2) is 9.43. The van der Waals surface area contributed by atoms with Gasteiger partial charge in [-0.25, -0.2) is 13.1 Å². The van der Waals surface area contributed by atoms with E-state index in [9.17, 15) is 18.3 Å². The molecule has 0 spiro atoms. The molecule has 7 nitrogen and oxygen atoms in total. The number of amides is 1. The molecule has 0 aromatic heterocycles. The van der Waals surface area contributed by atoms with Crippen molar-refractivity contribution in [1.82, 2.24) is 14.9 Å². The molecule has 3 rings (SSSR count). The Morgan fingerprint density at radius 1 is 1.23 bits per heavy atom. The summed E-state index contributed by atoms with van der Waals surface area (Å²) >= 11 is 0. The van der Waals surface area contributed by atoms with Crippen molar-refractivity contribution in [3.8, 4) is 0 Å². The number of nitrogens with one attached hydrogen (secondary N) is 2. The standard InChI is InChI=1S/C22H41N3O4S/c1-15(21(27)23-11-14-25-12-5-6-13-25)17-7-9-22(3)10-8-18(24-30(4,28)29)16(2)19(22)20(17)26/h15-20,24,26H,5-14H2,1-4H3,(H,23,27). The number of aliphatic hydroxyl groups excluding tert-OH is 1. The normalized spacial score (nSPS) is 38.8. The maximum Gasteiger partial charge on any atom is 0.223 e. The van der Waals surface area contributed by atoms with Crippen LogP contribution in [-0.4, -0.2) is 68.9 Å². The minimum Gasteiger partial charge on any atom is -0.392 e. The number of carbonyl (C=O) groups excluding carboxylic acids is 1. The van der Waals surface area contributed by atoms with Gasteiger partial charge in [0.05, 0.1) is 12.4 Å². The summed E-state index contributed by atoms with van der Waals surface area (Å²) in [5.74, 6) is -0.296. The first-order valence-electron chi connectivity index (χ1n) is 11.7. The Morgan fingerprint density at radius 2 is 1.87 bits per heavy atom. The number of nitrogens with zero attached hydrogens (tertiary/aromatic N) is 1. The highest BCUT2D eigenvalue weighted by atomic mass is 32.2. The summed E-state index contributed by atoms with van der Waals surface area (Å²) in [5, 5.41) is 14.4. The van der Waals surface area contributed by atoms with Gasteiger partial charge in [-0.3, -0.25) is 4.79 Å². The smallest absolute Gasteiger partial charge is 0.223 e. The van der Waals surface area contributed by atoms with Crippen LogP contribution >= 0.6 is 0 Å². The minimum absolute atomic E-state index is 0.00301. The van der Waals surface area contributed by atoms with E-state index in [0.717, 1.165) is 45.3 Å². The van der Waals surface area contributed by atoms with Crippen molar-refractivity contribution in [2.45, 2.75) is 71.4 Å². The molecular weight excluding hydrogens is 402 g/mol. The highest BCUT2D eigenvalue weighted by molar-refractivity contribution is 7.88. The fourth-order valence-corrected chi connectivity index (χ4v) is 7.32. The van der Waals surface area contributed by atoms with Gasteiger partial charge in [-0.1, -0.05) is 20.8 Å². The first-order chi connectivity index (χ1) is 14.0. The van der Waals surface area contributed by atoms with Gasteiger partial charge < -0.3 is 15.3 Å². The van der Waals surface area contributed by atoms with Crippen molar-refractivity contribution in [2.75, 3.05) is 32.4 Å². The van der Waals surface area contributed by atoms with Crippen LogP contribution in [0.3, 0.4) is 0 Å². The van der Waals surface area contributed by atoms with Crippen LogP contribution in [0.25, 0.3) is 0 Å². The summed E-state index contributed by atoms with van der Waals surface area (Å²) in [7, 11) is -3.29. The zero-order chi connectivity index (χ0) is 22.1. The van der Waals surface area contributed by atoms with Gasteiger partial charge in [0.25, 0.3) is 0 Å². The van der Waals surface area contributed by atoms with E-state index in [1.807, 2.05) is 6.92 Å². The van der Waals surface area contributed by atoms with E-state index in [-0.39, 0.29) is 41.0 Å². The number of hydrogen-bond acceptors (Lipinski definition) is 5. The van der Waals surface area contributed by atoms with Crippen LogP contribution in [0.2, 0.25) is 0 Å². The van der Waals surface area contributed by atoms with Gasteiger partial charge in [-0.05, 0) is 74.8 Å². The van der Waals surface area contributed by atoms with E-state index >= 15 is 0 Å². The molecule has 3 N–H and O–H groups in total. The zero-order valence-corrected chi connectivity index (χ0v) is 19.9. The molecule has 3 aliphatic rings. The Morgan fingerprint density at radius 3 is 2.50 bits per heavy atom. The van der Waals surface area contributed by atoms with Crippen molar-refractivity contribution in [3.63, 3.8) is 0 Å². The van der Waals surface area contributed by atoms with Crippen LogP contribution < -0.4 is 10.0 Å². The molecule has 1 aliphatic heterocycles. The number of hydrogen-bond donors (Lipinski definition) is 3. The molecule has 3 fully saturated rings. The lowest BCUT2D eigenvalue weighted by molar-refractivity contribution is -0.141. The van der Waals surface area contributed by atoms with E-state index < -0.39 is 16.1 Å². The molecule has 7 atom stereocenters. The van der Waals surface area contributed by atoms with Crippen molar-refractivity contribution in [2.24, 2.45) is 29.1 Å². The molecule has 174 valence electrons. The van der Waals surface area contributed by atoms with Crippen molar-refractivity contribution >= 4 is 15.9 Å². The average molecular weight is 444 g/mol. The molecule has 1 saturated heterocycles. The van der Waals surface area contributed by atoms with E-state index in [1.54, 1.807) is 0 Å². The summed E-state index contributed by atoms with van der Waals surface area (Å²) in [6.07, 6.45) is 6.59. The molecule has 1 heterocycles. The predicted molar refractivity (Wildman–Crippen MR) is 118 cm³/mol. The Labute approximate surface area is 182 Å². The molecule has 30 heavy (non-hydrogen) atoms. The average Bonchev–Trinajstić information content (AvgIpc) is 3.16. The number of fused-ring (bicyclic) bond motifs is 1. The molecule has 7 unspecified atom stereocenters. The molecule has 8 heteroatoms. The number of carbonyl (C=O) groups is 1. The van der Waals surface area contributed by atoms with Gasteiger partial charge in [0, 0.05) is 25.0 Å². The summed E-state index contributed by atoms with van der Waals surface area (Å²) in [4.78, 5) is 15.2. The van der Waals surface area contributed by atoms with Crippen molar-refractivity contribution < 1.29 is 18.3 Å². The lowest BCUT2D eigenvalue weighted by Gasteiger charge is -2.56. The Hall–Kier alpha value is -0.700. The largest absolute Gasteiger partial charge is 0.392 e. The van der Waals surface area contributed by atoms with Crippen LogP contribution in [-0.2, 0) is 14.8 Å². The second-order valence-corrected chi connectivity index (χ2v) is 12.2. The predicted octanol–water partition coefficient (Wildman–Crippen LogP) is 1.58. The molecule has 1 amide bonds. The molecule has 0 aromatic carbocycles. The minimum atomic E-state index is -3.29. The highest BCUT2D eigenvalue weighted by Gasteiger charge is 2.53. The van der Waals surface area contributed by atoms with Gasteiger partial charge in [0.1, 0.15) is 0 Å². The number of aliphatic hydroxyl groups is 1. The SMILES string of the molecule is CC(C(=O)NCCN1CCCC1)C1CCC2(C)CCC(NS(C)(=O)=O)C(C)C2C1O. The van der Waals surface area contributed by atoms with Gasteiger partial charge >= 0.3 is 0 Å². The molecule has 0 radical (unpaired) electrons. The van der Waals surface area contributed by atoms with Crippen LogP contribution in [0.1, 0.15) is 59.3 Å². The van der Waals surface area contributed by atoms with E-state index in [0.29, 0.717) is 6.54 Å². The number of sulfonamides is 1. The number of likely N-dealkylation sites (tertiary alicyclic amines) is 1. The van der Waals surface area contributed by atoms with Crippen LogP contribution in [0, 0.1) is 29.1 Å². The van der Waals surface area contributed by atoms with E-state index in [4.69, 9.17) is 0 Å². The lowest BCUT2D eigenvalue weighted by Crippen LogP contribution is -2.58. The molecule has 0 bridgehead atoms. The first kappa shape index (κ1) is 24.0. The van der Waals surface area contributed by atoms with Gasteiger partial charge in [0.15, 0.2) is 0 Å². The molecule has 2 aliphatic carbocycles. The maximum atomic E-state index is 12.8. The summed E-state index contributed by atoms with van der Waals surface area (Å²) in [6.45, 7) is 10.00. The quantitative estimate of drug-likeness (QED) is 0.555. The lowest BCUT2D eigenvalue weighted by atomic mass is 9.52. The van der Waals surface area contributed by atoms with Gasteiger partial charge in [0.2, 0.25) is 15.9 Å². The second-order valence-electron chi connectivity index (χ2n) is 10.4. The molecule has 2 saturated carbocycles. The Bertz CT molecular complexity index is 709. The third-order valence-electron chi connectivity index (χ3n) is 8.23. The van der Waals surface area contributed by atoms with Crippen molar-refractivity contribution in [3.05, 3.63) is 0 Å². The van der Waals surface area contributed by atoms with E-state index in [1.165, 1.54) is 19.1 Å². The molecule has 0 aromatic rings. The number of rotatable bonds is 7. The van der Waals surface area contributed by atoms with E-state index in [2.05, 4.69) is 28.8 Å². The third-order valence-corrected chi connectivity index (χ3v) is 8.97.